The molecule has 4 atom stereocenters. The number of fused-ring (bicyclic) bond motifs is 1. The van der Waals surface area contributed by atoms with Crippen molar-refractivity contribution < 1.29 is 14.6 Å². The number of nitrogens with one attached hydrogen (secondary N) is 1. The van der Waals surface area contributed by atoms with Gasteiger partial charge in [0.25, 0.3) is 0 Å². The Balaban J connectivity index is 1.33. The molecule has 2 aliphatic rings. The fraction of sp³-hybridized carbons (Fsp3) is 0.500. The van der Waals surface area contributed by atoms with Crippen molar-refractivity contribution in [2.45, 2.75) is 57.8 Å². The maximum Gasteiger partial charge on any atom is 0.168 e. The van der Waals surface area contributed by atoms with Gasteiger partial charge in [0.05, 0.1) is 0 Å². The zero-order chi connectivity index (χ0) is 19.0. The number of aryl methyl sites for hydroxylation is 3. The average molecular weight is 386 g/mol. The van der Waals surface area contributed by atoms with Crippen LogP contribution in [-0.2, 0) is 6.42 Å². The van der Waals surface area contributed by atoms with E-state index >= 15 is 0 Å². The van der Waals surface area contributed by atoms with Crippen molar-refractivity contribution >= 4 is 17.1 Å². The summed E-state index contributed by atoms with van der Waals surface area (Å²) in [5, 5.41) is 14.1. The summed E-state index contributed by atoms with van der Waals surface area (Å²) in [6.45, 7) is 4.71. The van der Waals surface area contributed by atoms with Gasteiger partial charge < -0.3 is 15.2 Å². The van der Waals surface area contributed by atoms with Crippen LogP contribution in [0.25, 0.3) is 0 Å². The predicted molar refractivity (Wildman–Crippen MR) is 108 cm³/mol. The first kappa shape index (κ1) is 18.7. The number of Topliss-reactive ketones (excluding diaryl/α,β-unsaturated/α-hetero) is 1. The van der Waals surface area contributed by atoms with Crippen LogP contribution >= 0.6 is 11.3 Å². The van der Waals surface area contributed by atoms with Gasteiger partial charge in [-0.15, -0.1) is 11.3 Å². The smallest absolute Gasteiger partial charge is 0.168 e. The minimum atomic E-state index is -0.553. The number of carbonyl (C=O) groups excluding carboxylic acids is 1. The Bertz CT molecular complexity index is 831. The number of hydrogen-bond donors (Lipinski definition) is 2. The van der Waals surface area contributed by atoms with Gasteiger partial charge in [-0.2, -0.15) is 0 Å². The molecule has 1 saturated carbocycles. The number of rotatable bonds is 5. The van der Waals surface area contributed by atoms with E-state index < -0.39 is 6.10 Å². The first-order valence-electron chi connectivity index (χ1n) is 9.80. The lowest BCUT2D eigenvalue weighted by Gasteiger charge is -2.26. The molecule has 0 radical (unpaired) electrons. The van der Waals surface area contributed by atoms with Crippen LogP contribution in [0.1, 0.15) is 44.9 Å². The third-order valence-corrected chi connectivity index (χ3v) is 6.95. The molecule has 0 bridgehead atoms. The van der Waals surface area contributed by atoms with E-state index in [-0.39, 0.29) is 23.8 Å². The fourth-order valence-electron chi connectivity index (χ4n) is 4.25. The molecule has 27 heavy (non-hydrogen) atoms. The molecule has 4 nitrogen and oxygen atoms in total. The van der Waals surface area contributed by atoms with Gasteiger partial charge in [-0.3, -0.25) is 4.79 Å². The highest BCUT2D eigenvalue weighted by Crippen LogP contribution is 2.32. The third-order valence-electron chi connectivity index (χ3n) is 5.84. The molecule has 0 spiro atoms. The molecule has 5 heteroatoms. The number of aliphatic hydroxyl groups excluding tert-OH is 1. The molecule has 4 rings (SSSR count). The van der Waals surface area contributed by atoms with E-state index in [0.717, 1.165) is 42.6 Å². The molecular formula is C22H27NO3S. The predicted octanol–water partition coefficient (Wildman–Crippen LogP) is 3.67. The molecule has 2 aliphatic carbocycles. The van der Waals surface area contributed by atoms with Gasteiger partial charge in [-0.05, 0) is 57.2 Å². The summed E-state index contributed by atoms with van der Waals surface area (Å²) in [5.74, 6) is 1.10. The monoisotopic (exact) mass is 385 g/mol. The summed E-state index contributed by atoms with van der Waals surface area (Å²) in [7, 11) is 0. The minimum Gasteiger partial charge on any atom is -0.487 e. The van der Waals surface area contributed by atoms with Crippen LogP contribution in [0.4, 0.5) is 0 Å². The highest BCUT2D eigenvalue weighted by atomic mass is 32.1. The van der Waals surface area contributed by atoms with Crippen LogP contribution in [0.5, 0.6) is 5.75 Å². The topological polar surface area (TPSA) is 58.6 Å². The van der Waals surface area contributed by atoms with Crippen molar-refractivity contribution in [3.63, 3.8) is 0 Å². The van der Waals surface area contributed by atoms with Gasteiger partial charge >= 0.3 is 0 Å². The third kappa shape index (κ3) is 3.82. The Labute approximate surface area is 164 Å². The number of hydrogen-bond acceptors (Lipinski definition) is 5. The van der Waals surface area contributed by atoms with Crippen LogP contribution < -0.4 is 10.1 Å². The van der Waals surface area contributed by atoms with Crippen molar-refractivity contribution in [2.24, 2.45) is 5.92 Å². The van der Waals surface area contributed by atoms with Gasteiger partial charge in [0, 0.05) is 33.8 Å². The fourth-order valence-corrected chi connectivity index (χ4v) is 5.30. The SMILES string of the molecule is Cc1cc2c(s1)CCC(CN[C@@H]1CC[C@@H](Oc3ccccc3C)[C@H]1O)C2=O. The maximum atomic E-state index is 12.7. The largest absolute Gasteiger partial charge is 0.487 e. The van der Waals surface area contributed by atoms with E-state index in [9.17, 15) is 9.90 Å². The van der Waals surface area contributed by atoms with Crippen LogP contribution in [0.15, 0.2) is 30.3 Å². The molecule has 2 aromatic rings. The van der Waals surface area contributed by atoms with Crippen LogP contribution in [0, 0.1) is 19.8 Å². The molecule has 0 amide bonds. The molecular weight excluding hydrogens is 358 g/mol. The van der Waals surface area contributed by atoms with Crippen molar-refractivity contribution in [3.8, 4) is 5.75 Å². The molecule has 2 N–H and O–H groups in total. The molecule has 1 aromatic carbocycles. The van der Waals surface area contributed by atoms with E-state index in [0.29, 0.717) is 6.54 Å². The molecule has 1 heterocycles. The van der Waals surface area contributed by atoms with Gasteiger partial charge in [0.15, 0.2) is 5.78 Å². The number of para-hydroxylation sites is 1. The molecule has 0 aliphatic heterocycles. The van der Waals surface area contributed by atoms with Gasteiger partial charge in [0.2, 0.25) is 0 Å². The summed E-state index contributed by atoms with van der Waals surface area (Å²) in [5.41, 5.74) is 2.00. The Morgan fingerprint density at radius 2 is 2.04 bits per heavy atom. The number of thiophene rings is 1. The summed E-state index contributed by atoms with van der Waals surface area (Å²) < 4.78 is 6.06. The molecule has 1 aromatic heterocycles. The maximum absolute atomic E-state index is 12.7. The Morgan fingerprint density at radius 1 is 1.22 bits per heavy atom. The number of benzene rings is 1. The second-order valence-corrected chi connectivity index (χ2v) is 9.14. The van der Waals surface area contributed by atoms with Gasteiger partial charge in [0.1, 0.15) is 18.0 Å². The lowest BCUT2D eigenvalue weighted by molar-refractivity contribution is 0.0438. The molecule has 144 valence electrons. The zero-order valence-electron chi connectivity index (χ0n) is 15.9. The van der Waals surface area contributed by atoms with Crippen molar-refractivity contribution in [3.05, 3.63) is 51.2 Å². The number of ketones is 1. The van der Waals surface area contributed by atoms with Crippen LogP contribution in [0.3, 0.4) is 0 Å². The summed E-state index contributed by atoms with van der Waals surface area (Å²) in [6, 6.07) is 9.92. The average Bonchev–Trinajstić information content (AvgIpc) is 3.20. The van der Waals surface area contributed by atoms with E-state index in [4.69, 9.17) is 4.74 Å². The van der Waals surface area contributed by atoms with Crippen LogP contribution in [-0.4, -0.2) is 35.7 Å². The quantitative estimate of drug-likeness (QED) is 0.824. The summed E-state index contributed by atoms with van der Waals surface area (Å²) in [4.78, 5) is 15.2. The number of carbonyl (C=O) groups is 1. The zero-order valence-corrected chi connectivity index (χ0v) is 16.7. The standard InChI is InChI=1S/C22H27NO3S/c1-13-5-3-4-6-18(13)26-19-9-8-17(22(19)25)23-12-15-7-10-20-16(21(15)24)11-14(2)27-20/h3-6,11,15,17,19,22-23,25H,7-10,12H2,1-2H3/t15?,17-,19-,22+/m1/s1. The van der Waals surface area contributed by atoms with E-state index in [1.54, 1.807) is 11.3 Å². The number of ether oxygens (including phenoxy) is 1. The summed E-state index contributed by atoms with van der Waals surface area (Å²) in [6.07, 6.45) is 2.81. The van der Waals surface area contributed by atoms with E-state index in [2.05, 4.69) is 12.2 Å². The Kier molecular flexibility index (Phi) is 5.35. The lowest BCUT2D eigenvalue weighted by atomic mass is 9.87. The van der Waals surface area contributed by atoms with Crippen molar-refractivity contribution in [1.82, 2.24) is 5.32 Å². The van der Waals surface area contributed by atoms with E-state index in [1.807, 2.05) is 37.3 Å². The normalized spacial score (nSPS) is 27.6. The van der Waals surface area contributed by atoms with Gasteiger partial charge in [-0.25, -0.2) is 0 Å². The first-order chi connectivity index (χ1) is 13.0. The molecule has 1 fully saturated rings. The molecule has 0 saturated heterocycles. The highest BCUT2D eigenvalue weighted by Gasteiger charge is 2.37. The second-order valence-electron chi connectivity index (χ2n) is 7.80. The summed E-state index contributed by atoms with van der Waals surface area (Å²) >= 11 is 1.74. The Morgan fingerprint density at radius 3 is 2.85 bits per heavy atom. The first-order valence-corrected chi connectivity index (χ1v) is 10.6. The van der Waals surface area contributed by atoms with Gasteiger partial charge in [-0.1, -0.05) is 18.2 Å². The van der Waals surface area contributed by atoms with Crippen molar-refractivity contribution in [1.29, 1.82) is 0 Å². The minimum absolute atomic E-state index is 0.00929. The Hall–Kier alpha value is -1.69. The number of aliphatic hydroxyl groups is 1. The highest BCUT2D eigenvalue weighted by molar-refractivity contribution is 7.12. The lowest BCUT2D eigenvalue weighted by Crippen LogP contribution is -2.44. The second kappa shape index (κ2) is 7.74. The van der Waals surface area contributed by atoms with E-state index in [1.165, 1.54) is 9.75 Å². The van der Waals surface area contributed by atoms with Crippen LogP contribution in [0.2, 0.25) is 0 Å². The van der Waals surface area contributed by atoms with Crippen molar-refractivity contribution in [2.75, 3.05) is 6.54 Å². The molecule has 1 unspecified atom stereocenters.